The van der Waals surface area contributed by atoms with Crippen molar-refractivity contribution in [1.29, 1.82) is 0 Å². The van der Waals surface area contributed by atoms with E-state index in [0.717, 1.165) is 36.0 Å². The highest BCUT2D eigenvalue weighted by Gasteiger charge is 2.45. The van der Waals surface area contributed by atoms with E-state index in [1.54, 1.807) is 0 Å². The molecule has 0 aromatic heterocycles. The molecule has 0 radical (unpaired) electrons. The fourth-order valence-corrected chi connectivity index (χ4v) is 5.12. The molecule has 1 aliphatic carbocycles. The molecule has 1 saturated carbocycles. The van der Waals surface area contributed by atoms with Crippen LogP contribution in [0.25, 0.3) is 0 Å². The fraction of sp³-hybridized carbons (Fsp3) is 0.625. The average molecular weight is 480 g/mol. The molecule has 5 nitrogen and oxygen atoms in total. The van der Waals surface area contributed by atoms with E-state index in [2.05, 4.69) is 39.0 Å². The molecule has 0 amide bonds. The van der Waals surface area contributed by atoms with Crippen molar-refractivity contribution < 1.29 is 19.7 Å². The van der Waals surface area contributed by atoms with Gasteiger partial charge in [0, 0.05) is 29.3 Å². The zero-order valence-electron chi connectivity index (χ0n) is 17.6. The Morgan fingerprint density at radius 3 is 2.53 bits per heavy atom. The van der Waals surface area contributed by atoms with Gasteiger partial charge >= 0.3 is 5.97 Å². The van der Waals surface area contributed by atoms with Crippen LogP contribution in [0, 0.1) is 5.92 Å². The highest BCUT2D eigenvalue weighted by atomic mass is 79.9. The Labute approximate surface area is 188 Å². The molecule has 1 saturated heterocycles. The minimum atomic E-state index is -0.759. The van der Waals surface area contributed by atoms with E-state index in [1.165, 1.54) is 19.3 Å². The molecular weight excluding hydrogens is 446 g/mol. The highest BCUT2D eigenvalue weighted by Crippen LogP contribution is 2.37. The standard InChI is InChI=1S/C24H34BrNO4/c25-19-12-10-18(11-13-19)17-30-22-16-21(27)24(26-14-6-3-7-15-26)20(22)8-4-1-2-5-9-23(28)29/h1-2,10-13,20-22,24,27H,3-9,14-17H2,(H,28,29). The van der Waals surface area contributed by atoms with E-state index in [-0.39, 0.29) is 30.6 Å². The third kappa shape index (κ3) is 6.91. The Bertz CT molecular complexity index is 687. The number of halogens is 1. The summed E-state index contributed by atoms with van der Waals surface area (Å²) in [6.45, 7) is 2.68. The Morgan fingerprint density at radius 2 is 1.83 bits per heavy atom. The first kappa shape index (κ1) is 23.5. The van der Waals surface area contributed by atoms with Crippen LogP contribution in [-0.4, -0.2) is 52.4 Å². The predicted molar refractivity (Wildman–Crippen MR) is 121 cm³/mol. The normalized spacial score (nSPS) is 27.7. The number of ether oxygens (including phenoxy) is 1. The number of carboxylic acids is 1. The Balaban J connectivity index is 1.61. The molecule has 0 bridgehead atoms. The monoisotopic (exact) mass is 479 g/mol. The van der Waals surface area contributed by atoms with Crippen molar-refractivity contribution in [2.24, 2.45) is 5.92 Å². The van der Waals surface area contributed by atoms with Crippen molar-refractivity contribution in [3.8, 4) is 0 Å². The topological polar surface area (TPSA) is 70.0 Å². The number of carbonyl (C=O) groups is 1. The molecule has 0 spiro atoms. The van der Waals surface area contributed by atoms with Crippen LogP contribution in [0.3, 0.4) is 0 Å². The number of hydrogen-bond acceptors (Lipinski definition) is 4. The minimum Gasteiger partial charge on any atom is -0.481 e. The van der Waals surface area contributed by atoms with E-state index in [0.29, 0.717) is 19.4 Å². The zero-order valence-corrected chi connectivity index (χ0v) is 19.2. The van der Waals surface area contributed by atoms with Gasteiger partial charge in [0.05, 0.1) is 18.8 Å². The Morgan fingerprint density at radius 1 is 1.13 bits per heavy atom. The van der Waals surface area contributed by atoms with Crippen LogP contribution >= 0.6 is 15.9 Å². The summed E-state index contributed by atoms with van der Waals surface area (Å²) in [7, 11) is 0. The predicted octanol–water partition coefficient (Wildman–Crippen LogP) is 4.77. The summed E-state index contributed by atoms with van der Waals surface area (Å²) in [5, 5.41) is 19.7. The maximum absolute atomic E-state index is 10.9. The van der Waals surface area contributed by atoms with Crippen molar-refractivity contribution in [3.05, 3.63) is 46.5 Å². The van der Waals surface area contributed by atoms with E-state index < -0.39 is 5.97 Å². The van der Waals surface area contributed by atoms with Crippen LogP contribution < -0.4 is 0 Å². The third-order valence-electron chi connectivity index (χ3n) is 6.33. The average Bonchev–Trinajstić information content (AvgIpc) is 3.05. The molecule has 30 heavy (non-hydrogen) atoms. The SMILES string of the molecule is O=C(O)CCC=CCCC1C(OCc2ccc(Br)cc2)CC(O)C1N1CCCCC1. The molecule has 2 aliphatic rings. The van der Waals surface area contributed by atoms with Crippen molar-refractivity contribution >= 4 is 21.9 Å². The van der Waals surface area contributed by atoms with Gasteiger partial charge < -0.3 is 14.9 Å². The van der Waals surface area contributed by atoms with Gasteiger partial charge in [-0.1, -0.05) is 46.6 Å². The lowest BCUT2D eigenvalue weighted by Gasteiger charge is -2.38. The lowest BCUT2D eigenvalue weighted by atomic mass is 9.92. The van der Waals surface area contributed by atoms with Gasteiger partial charge in [-0.05, 0) is 62.9 Å². The maximum Gasteiger partial charge on any atom is 0.303 e. The number of piperidine rings is 1. The van der Waals surface area contributed by atoms with Gasteiger partial charge in [-0.15, -0.1) is 0 Å². The maximum atomic E-state index is 10.9. The summed E-state index contributed by atoms with van der Waals surface area (Å²) in [6, 6.07) is 8.35. The second kappa shape index (κ2) is 12.0. The van der Waals surface area contributed by atoms with E-state index in [1.807, 2.05) is 18.2 Å². The molecule has 1 heterocycles. The number of allylic oxidation sites excluding steroid dienone is 2. The number of aliphatic hydroxyl groups excluding tert-OH is 1. The number of likely N-dealkylation sites (tertiary alicyclic amines) is 1. The zero-order chi connectivity index (χ0) is 21.3. The number of aliphatic hydroxyl groups is 1. The van der Waals surface area contributed by atoms with E-state index in [9.17, 15) is 9.90 Å². The lowest BCUT2D eigenvalue weighted by Crippen LogP contribution is -2.47. The molecule has 1 aromatic rings. The van der Waals surface area contributed by atoms with Crippen LogP contribution in [0.4, 0.5) is 0 Å². The second-order valence-electron chi connectivity index (χ2n) is 8.51. The molecule has 4 unspecified atom stereocenters. The molecule has 6 heteroatoms. The second-order valence-corrected chi connectivity index (χ2v) is 9.43. The molecule has 3 rings (SSSR count). The molecule has 2 fully saturated rings. The lowest BCUT2D eigenvalue weighted by molar-refractivity contribution is -0.136. The van der Waals surface area contributed by atoms with Gasteiger partial charge in [0.25, 0.3) is 0 Å². The van der Waals surface area contributed by atoms with Gasteiger partial charge in [-0.25, -0.2) is 0 Å². The smallest absolute Gasteiger partial charge is 0.303 e. The molecule has 166 valence electrons. The van der Waals surface area contributed by atoms with Gasteiger partial charge in [0.15, 0.2) is 0 Å². The Hall–Kier alpha value is -1.21. The van der Waals surface area contributed by atoms with E-state index >= 15 is 0 Å². The summed E-state index contributed by atoms with van der Waals surface area (Å²) in [6.07, 6.45) is 10.7. The summed E-state index contributed by atoms with van der Waals surface area (Å²) >= 11 is 3.47. The first-order valence-electron chi connectivity index (χ1n) is 11.2. The molecular formula is C24H34BrNO4. The van der Waals surface area contributed by atoms with Crippen LogP contribution in [0.1, 0.15) is 56.9 Å². The van der Waals surface area contributed by atoms with E-state index in [4.69, 9.17) is 9.84 Å². The number of hydrogen-bond donors (Lipinski definition) is 2. The molecule has 1 aliphatic heterocycles. The summed E-state index contributed by atoms with van der Waals surface area (Å²) in [5.41, 5.74) is 1.14. The van der Waals surface area contributed by atoms with Crippen molar-refractivity contribution in [3.63, 3.8) is 0 Å². The van der Waals surface area contributed by atoms with Crippen LogP contribution in [0.2, 0.25) is 0 Å². The number of carboxylic acid groups (broad SMARTS) is 1. The van der Waals surface area contributed by atoms with Crippen LogP contribution in [-0.2, 0) is 16.1 Å². The van der Waals surface area contributed by atoms with Crippen molar-refractivity contribution in [1.82, 2.24) is 4.90 Å². The highest BCUT2D eigenvalue weighted by molar-refractivity contribution is 9.10. The van der Waals surface area contributed by atoms with Gasteiger partial charge in [0.2, 0.25) is 0 Å². The minimum absolute atomic E-state index is 0.0444. The van der Waals surface area contributed by atoms with Crippen LogP contribution in [0.15, 0.2) is 40.9 Å². The number of rotatable bonds is 10. The van der Waals surface area contributed by atoms with Crippen molar-refractivity contribution in [2.75, 3.05) is 13.1 Å². The van der Waals surface area contributed by atoms with Gasteiger partial charge in [-0.3, -0.25) is 9.69 Å². The van der Waals surface area contributed by atoms with Crippen LogP contribution in [0.5, 0.6) is 0 Å². The van der Waals surface area contributed by atoms with Gasteiger partial charge in [0.1, 0.15) is 0 Å². The first-order valence-corrected chi connectivity index (χ1v) is 12.0. The number of benzene rings is 1. The first-order chi connectivity index (χ1) is 14.5. The Kier molecular flexibility index (Phi) is 9.37. The molecule has 2 N–H and O–H groups in total. The largest absolute Gasteiger partial charge is 0.481 e. The quantitative estimate of drug-likeness (QED) is 0.472. The molecule has 1 aromatic carbocycles. The number of nitrogens with zero attached hydrogens (tertiary/aromatic N) is 1. The summed E-state index contributed by atoms with van der Waals surface area (Å²) in [5.74, 6) is -0.470. The summed E-state index contributed by atoms with van der Waals surface area (Å²) in [4.78, 5) is 13.1. The number of aliphatic carboxylic acids is 1. The summed E-state index contributed by atoms with van der Waals surface area (Å²) < 4.78 is 7.39. The van der Waals surface area contributed by atoms with Crippen molar-refractivity contribution in [2.45, 2.75) is 76.2 Å². The fourth-order valence-electron chi connectivity index (χ4n) is 4.85. The molecule has 4 atom stereocenters. The van der Waals surface area contributed by atoms with Gasteiger partial charge in [-0.2, -0.15) is 0 Å². The third-order valence-corrected chi connectivity index (χ3v) is 6.86.